The third-order valence-corrected chi connectivity index (χ3v) is 8.49. The third kappa shape index (κ3) is 5.92. The molecular weight excluding hydrogens is 473 g/mol. The number of amides is 1. The van der Waals surface area contributed by atoms with Crippen LogP contribution in [0.2, 0.25) is 0 Å². The quantitative estimate of drug-likeness (QED) is 0.493. The highest BCUT2D eigenvalue weighted by atomic mass is 32.2. The molecule has 190 valence electrons. The number of carbonyl (C=O) groups is 1. The fraction of sp³-hybridized carbons (Fsp3) is 0.600. The predicted molar refractivity (Wildman–Crippen MR) is 126 cm³/mol. The van der Waals surface area contributed by atoms with E-state index >= 15 is 0 Å². The average Bonchev–Trinajstić information content (AvgIpc) is 3.18. The molecule has 2 saturated heterocycles. The summed E-state index contributed by atoms with van der Waals surface area (Å²) in [5.41, 5.74) is 1.16. The molecule has 8 nitrogen and oxygen atoms in total. The molecule has 1 aliphatic carbocycles. The summed E-state index contributed by atoms with van der Waals surface area (Å²) >= 11 is 0. The number of carbonyl (C=O) groups excluding carboxylic acids is 1. The van der Waals surface area contributed by atoms with Crippen molar-refractivity contribution < 1.29 is 27.1 Å². The lowest BCUT2D eigenvalue weighted by Crippen LogP contribution is -2.38. The Morgan fingerprint density at radius 2 is 1.74 bits per heavy atom. The first-order valence-corrected chi connectivity index (χ1v) is 14.1. The number of sulfone groups is 1. The van der Waals surface area contributed by atoms with E-state index in [4.69, 9.17) is 9.47 Å². The van der Waals surface area contributed by atoms with Crippen molar-refractivity contribution in [3.63, 3.8) is 0 Å². The zero-order chi connectivity index (χ0) is 24.4. The lowest BCUT2D eigenvalue weighted by molar-refractivity contribution is -0.134. The van der Waals surface area contributed by atoms with Gasteiger partial charge in [-0.05, 0) is 56.2 Å². The Hall–Kier alpha value is -2.30. The monoisotopic (exact) mass is 505 g/mol. The second-order valence-corrected chi connectivity index (χ2v) is 11.7. The van der Waals surface area contributed by atoms with E-state index in [1.807, 2.05) is 4.90 Å². The fourth-order valence-electron chi connectivity index (χ4n) is 4.87. The predicted octanol–water partition coefficient (Wildman–Crippen LogP) is 3.09. The Bertz CT molecular complexity index is 1130. The van der Waals surface area contributed by atoms with Crippen LogP contribution >= 0.6 is 0 Å². The van der Waals surface area contributed by atoms with Gasteiger partial charge in [-0.15, -0.1) is 0 Å². The van der Waals surface area contributed by atoms with Crippen molar-refractivity contribution in [2.75, 3.05) is 19.8 Å². The maximum absolute atomic E-state index is 13.4. The first-order valence-electron chi connectivity index (χ1n) is 12.4. The molecule has 3 heterocycles. The van der Waals surface area contributed by atoms with Crippen molar-refractivity contribution >= 4 is 15.7 Å². The van der Waals surface area contributed by atoms with Gasteiger partial charge >= 0.3 is 0 Å². The number of hydrogen-bond donors (Lipinski definition) is 0. The van der Waals surface area contributed by atoms with E-state index in [1.54, 1.807) is 10.8 Å². The van der Waals surface area contributed by atoms with Crippen LogP contribution < -0.4 is 0 Å². The zero-order valence-electron chi connectivity index (χ0n) is 19.8. The normalized spacial score (nSPS) is 22.5. The minimum Gasteiger partial charge on any atom is -0.376 e. The van der Waals surface area contributed by atoms with Crippen LogP contribution in [0.5, 0.6) is 0 Å². The summed E-state index contributed by atoms with van der Waals surface area (Å²) in [5, 5.41) is -0.0386. The third-order valence-electron chi connectivity index (χ3n) is 6.90. The SMILES string of the molecule is O=C(C1CC1)N(Cc1cnc(S(=O)(=O)Cc2ccc(F)cc2)n1C[C@H]1CCCO1)C[C@@H]1CCCO1. The zero-order valence-corrected chi connectivity index (χ0v) is 20.6. The maximum atomic E-state index is 13.4. The van der Waals surface area contributed by atoms with E-state index in [0.29, 0.717) is 37.6 Å². The van der Waals surface area contributed by atoms with Crippen LogP contribution in [-0.4, -0.2) is 60.7 Å². The first kappa shape index (κ1) is 24.4. The van der Waals surface area contributed by atoms with E-state index < -0.39 is 15.7 Å². The van der Waals surface area contributed by atoms with Crippen molar-refractivity contribution in [3.8, 4) is 0 Å². The van der Waals surface area contributed by atoms with Crippen LogP contribution in [0.15, 0.2) is 35.6 Å². The van der Waals surface area contributed by atoms with Gasteiger partial charge in [0.15, 0.2) is 0 Å². The fourth-order valence-corrected chi connectivity index (χ4v) is 6.37. The second-order valence-electron chi connectivity index (χ2n) is 9.79. The van der Waals surface area contributed by atoms with E-state index in [1.165, 1.54) is 24.3 Å². The van der Waals surface area contributed by atoms with E-state index in [2.05, 4.69) is 4.98 Å². The molecule has 0 N–H and O–H groups in total. The van der Waals surface area contributed by atoms with E-state index in [0.717, 1.165) is 38.5 Å². The van der Waals surface area contributed by atoms with E-state index in [-0.39, 0.29) is 41.5 Å². The molecule has 0 bridgehead atoms. The van der Waals surface area contributed by atoms with Crippen LogP contribution in [0.1, 0.15) is 49.8 Å². The Labute approximate surface area is 205 Å². The van der Waals surface area contributed by atoms with Gasteiger partial charge in [-0.2, -0.15) is 0 Å². The van der Waals surface area contributed by atoms with Gasteiger partial charge in [0, 0.05) is 25.7 Å². The Balaban J connectivity index is 1.42. The molecule has 1 aromatic heterocycles. The van der Waals surface area contributed by atoms with Crippen LogP contribution in [0.25, 0.3) is 0 Å². The van der Waals surface area contributed by atoms with Crippen LogP contribution in [0.3, 0.4) is 0 Å². The minimum atomic E-state index is -3.81. The number of halogens is 1. The summed E-state index contributed by atoms with van der Waals surface area (Å²) in [5.74, 6) is -0.552. The highest BCUT2D eigenvalue weighted by Crippen LogP contribution is 2.32. The van der Waals surface area contributed by atoms with Crippen LogP contribution in [0, 0.1) is 11.7 Å². The molecule has 0 unspecified atom stereocenters. The van der Waals surface area contributed by atoms with Gasteiger partial charge in [0.2, 0.25) is 20.9 Å². The Morgan fingerprint density at radius 1 is 1.06 bits per heavy atom. The number of imidazole rings is 1. The molecule has 0 radical (unpaired) electrons. The minimum absolute atomic E-state index is 0.00826. The summed E-state index contributed by atoms with van der Waals surface area (Å²) in [6, 6.07) is 5.45. The summed E-state index contributed by atoms with van der Waals surface area (Å²) in [6.45, 7) is 2.49. The lowest BCUT2D eigenvalue weighted by atomic mass is 10.2. The molecule has 1 aromatic carbocycles. The van der Waals surface area contributed by atoms with Gasteiger partial charge < -0.3 is 18.9 Å². The van der Waals surface area contributed by atoms with Crippen molar-refractivity contribution in [3.05, 3.63) is 47.5 Å². The molecule has 35 heavy (non-hydrogen) atoms. The Morgan fingerprint density at radius 3 is 2.37 bits per heavy atom. The first-order chi connectivity index (χ1) is 16.9. The van der Waals surface area contributed by atoms with Gasteiger partial charge in [-0.1, -0.05) is 12.1 Å². The second kappa shape index (κ2) is 10.4. The smallest absolute Gasteiger partial charge is 0.228 e. The number of rotatable bonds is 10. The molecule has 2 atom stereocenters. The summed E-state index contributed by atoms with van der Waals surface area (Å²) < 4.78 is 53.4. The van der Waals surface area contributed by atoms with Gasteiger partial charge in [-0.3, -0.25) is 4.79 Å². The van der Waals surface area contributed by atoms with Crippen molar-refractivity contribution in [1.82, 2.24) is 14.5 Å². The number of benzene rings is 1. The molecular formula is C25H32FN3O5S. The van der Waals surface area contributed by atoms with Crippen molar-refractivity contribution in [2.24, 2.45) is 5.92 Å². The van der Waals surface area contributed by atoms with Crippen molar-refractivity contribution in [2.45, 2.75) is 74.7 Å². The number of nitrogens with zero attached hydrogens (tertiary/aromatic N) is 3. The molecule has 5 rings (SSSR count). The van der Waals surface area contributed by atoms with Gasteiger partial charge in [0.25, 0.3) is 0 Å². The van der Waals surface area contributed by atoms with Crippen LogP contribution in [-0.2, 0) is 42.9 Å². The number of hydrogen-bond acceptors (Lipinski definition) is 6. The number of aromatic nitrogens is 2. The molecule has 1 saturated carbocycles. The molecule has 10 heteroatoms. The van der Waals surface area contributed by atoms with Gasteiger partial charge in [0.05, 0.1) is 42.9 Å². The number of ether oxygens (including phenoxy) is 2. The standard InChI is InChI=1S/C25H32FN3O5S/c26-20-9-5-18(6-10-20)17-35(31,32)25-27-13-21(29(25)16-23-4-2-12-34-23)14-28(24(30)19-7-8-19)15-22-3-1-11-33-22/h5-6,9-10,13,19,22-23H,1-4,7-8,11-12,14-17H2/t22-,23+/m0/s1. The molecule has 1 amide bonds. The van der Waals surface area contributed by atoms with E-state index in [9.17, 15) is 17.6 Å². The molecule has 3 fully saturated rings. The highest BCUT2D eigenvalue weighted by Gasteiger charge is 2.36. The lowest BCUT2D eigenvalue weighted by Gasteiger charge is -2.26. The van der Waals surface area contributed by atoms with Gasteiger partial charge in [-0.25, -0.2) is 17.8 Å². The summed E-state index contributed by atoms with van der Waals surface area (Å²) in [7, 11) is -3.81. The summed E-state index contributed by atoms with van der Waals surface area (Å²) in [6.07, 6.45) is 6.94. The van der Waals surface area contributed by atoms with Gasteiger partial charge in [0.1, 0.15) is 5.82 Å². The molecule has 0 spiro atoms. The topological polar surface area (TPSA) is 90.7 Å². The maximum Gasteiger partial charge on any atom is 0.228 e. The average molecular weight is 506 g/mol. The Kier molecular flexibility index (Phi) is 7.22. The van der Waals surface area contributed by atoms with Crippen LogP contribution in [0.4, 0.5) is 4.39 Å². The molecule has 3 aliphatic rings. The highest BCUT2D eigenvalue weighted by molar-refractivity contribution is 7.90. The summed E-state index contributed by atoms with van der Waals surface area (Å²) in [4.78, 5) is 19.2. The molecule has 2 aromatic rings. The van der Waals surface area contributed by atoms with Crippen molar-refractivity contribution in [1.29, 1.82) is 0 Å². The largest absolute Gasteiger partial charge is 0.376 e. The molecule has 2 aliphatic heterocycles.